The Hall–Kier alpha value is -4.00. The summed E-state index contributed by atoms with van der Waals surface area (Å²) in [7, 11) is 0. The lowest BCUT2D eigenvalue weighted by molar-refractivity contribution is -0.0116. The smallest absolute Gasteiger partial charge is 0.261 e. The predicted octanol–water partition coefficient (Wildman–Crippen LogP) is 3.73. The Morgan fingerprint density at radius 3 is 1.82 bits per heavy atom. The van der Waals surface area contributed by atoms with E-state index in [2.05, 4.69) is 10.2 Å². The third-order valence-corrected chi connectivity index (χ3v) is 7.74. The minimum Gasteiger partial charge on any atom is -0.397 e. The number of nitrogens with zero attached hydrogens (tertiary/aromatic N) is 2. The van der Waals surface area contributed by atoms with Gasteiger partial charge in [0.1, 0.15) is 0 Å². The van der Waals surface area contributed by atoms with Gasteiger partial charge in [0.15, 0.2) is 0 Å². The lowest BCUT2D eigenvalue weighted by Gasteiger charge is -2.26. The van der Waals surface area contributed by atoms with E-state index in [4.69, 9.17) is 29.4 Å². The fourth-order valence-corrected chi connectivity index (χ4v) is 5.39. The zero-order chi connectivity index (χ0) is 31.4. The number of benzene rings is 3. The highest BCUT2D eigenvalue weighted by Crippen LogP contribution is 2.33. The van der Waals surface area contributed by atoms with Crippen molar-refractivity contribution >= 4 is 39.7 Å². The lowest BCUT2D eigenvalue weighted by atomic mass is 9.90. The first kappa shape index (κ1) is 32.4. The molecule has 2 amide bonds. The van der Waals surface area contributed by atoms with Gasteiger partial charge in [0.25, 0.3) is 11.8 Å². The van der Waals surface area contributed by atoms with Crippen molar-refractivity contribution in [3.8, 4) is 0 Å². The standard InChI is InChI=1S/C34H42N4O7/c1-2-38-33(39)29-5-3-4-28-27(10-11-30(32(28)29)34(38)40)31(35)24-36-25-6-8-26(9-7-25)37-12-14-41-16-18-43-20-22-45-23-21-44-19-17-42-15-13-37/h3-11,24,36H,2,12-23,35H2,1H3/b31-24-. The summed E-state index contributed by atoms with van der Waals surface area (Å²) in [6.45, 7) is 8.86. The highest BCUT2D eigenvalue weighted by Gasteiger charge is 2.32. The van der Waals surface area contributed by atoms with E-state index in [9.17, 15) is 9.59 Å². The quantitative estimate of drug-likeness (QED) is 0.409. The molecule has 1 fully saturated rings. The van der Waals surface area contributed by atoms with E-state index in [0.717, 1.165) is 22.3 Å². The molecule has 0 bridgehead atoms. The number of anilines is 2. The first-order valence-electron chi connectivity index (χ1n) is 15.5. The molecule has 11 heteroatoms. The van der Waals surface area contributed by atoms with Gasteiger partial charge in [0.05, 0.1) is 71.8 Å². The maximum Gasteiger partial charge on any atom is 0.261 e. The second-order valence-corrected chi connectivity index (χ2v) is 10.6. The second kappa shape index (κ2) is 16.4. The van der Waals surface area contributed by atoms with Gasteiger partial charge in [-0.05, 0) is 48.7 Å². The number of carbonyl (C=O) groups excluding carboxylic acids is 2. The minimum absolute atomic E-state index is 0.282. The molecule has 45 heavy (non-hydrogen) atoms. The zero-order valence-electron chi connectivity index (χ0n) is 25.8. The van der Waals surface area contributed by atoms with Crippen LogP contribution in [0.5, 0.6) is 0 Å². The number of nitrogens with two attached hydrogens (primary N) is 1. The second-order valence-electron chi connectivity index (χ2n) is 10.6. The molecular formula is C34H42N4O7. The third-order valence-electron chi connectivity index (χ3n) is 7.74. The summed E-state index contributed by atoms with van der Waals surface area (Å²) in [5.41, 5.74) is 10.7. The van der Waals surface area contributed by atoms with Crippen LogP contribution in [0.15, 0.2) is 60.8 Å². The van der Waals surface area contributed by atoms with Crippen molar-refractivity contribution < 1.29 is 33.3 Å². The highest BCUT2D eigenvalue weighted by molar-refractivity contribution is 6.26. The van der Waals surface area contributed by atoms with Crippen LogP contribution in [0.1, 0.15) is 33.2 Å². The summed E-state index contributed by atoms with van der Waals surface area (Å²) in [5, 5.41) is 4.70. The minimum atomic E-state index is -0.282. The first-order chi connectivity index (χ1) is 22.1. The van der Waals surface area contributed by atoms with Gasteiger partial charge in [-0.1, -0.05) is 18.2 Å². The summed E-state index contributed by atoms with van der Waals surface area (Å²) >= 11 is 0. The van der Waals surface area contributed by atoms with Gasteiger partial charge in [0, 0.05) is 59.3 Å². The largest absolute Gasteiger partial charge is 0.397 e. The van der Waals surface area contributed by atoms with Crippen LogP contribution in [0.3, 0.4) is 0 Å². The summed E-state index contributed by atoms with van der Waals surface area (Å²) in [4.78, 5) is 29.4. The van der Waals surface area contributed by atoms with Crippen molar-refractivity contribution in [2.24, 2.45) is 5.73 Å². The molecule has 2 heterocycles. The predicted molar refractivity (Wildman–Crippen MR) is 174 cm³/mol. The van der Waals surface area contributed by atoms with Crippen LogP contribution < -0.4 is 16.0 Å². The molecule has 5 rings (SSSR count). The Morgan fingerprint density at radius 2 is 1.27 bits per heavy atom. The summed E-state index contributed by atoms with van der Waals surface area (Å²) in [5.74, 6) is -0.565. The van der Waals surface area contributed by atoms with Crippen LogP contribution >= 0.6 is 0 Å². The molecule has 0 radical (unpaired) electrons. The Labute approximate surface area is 263 Å². The van der Waals surface area contributed by atoms with Gasteiger partial charge >= 0.3 is 0 Å². The van der Waals surface area contributed by atoms with Crippen molar-refractivity contribution in [2.45, 2.75) is 6.92 Å². The van der Waals surface area contributed by atoms with E-state index in [0.29, 0.717) is 108 Å². The summed E-state index contributed by atoms with van der Waals surface area (Å²) < 4.78 is 28.2. The molecule has 0 aliphatic carbocycles. The van der Waals surface area contributed by atoms with Crippen LogP contribution in [0, 0.1) is 0 Å². The number of rotatable bonds is 5. The van der Waals surface area contributed by atoms with Gasteiger partial charge in [-0.25, -0.2) is 0 Å². The summed E-state index contributed by atoms with van der Waals surface area (Å²) in [6, 6.07) is 17.1. The summed E-state index contributed by atoms with van der Waals surface area (Å²) in [6.07, 6.45) is 1.73. The van der Waals surface area contributed by atoms with Crippen LogP contribution in [0.2, 0.25) is 0 Å². The number of ether oxygens (including phenoxy) is 5. The topological polar surface area (TPSA) is 125 Å². The molecule has 3 aromatic rings. The molecular weight excluding hydrogens is 576 g/mol. The molecule has 0 aromatic heterocycles. The van der Waals surface area contributed by atoms with E-state index < -0.39 is 0 Å². The Balaban J connectivity index is 1.24. The molecule has 0 unspecified atom stereocenters. The first-order valence-corrected chi connectivity index (χ1v) is 15.5. The van der Waals surface area contributed by atoms with E-state index in [1.807, 2.05) is 42.5 Å². The van der Waals surface area contributed by atoms with Crippen molar-refractivity contribution in [1.29, 1.82) is 0 Å². The molecule has 3 N–H and O–H groups in total. The van der Waals surface area contributed by atoms with E-state index in [1.54, 1.807) is 25.3 Å². The number of hydrogen-bond acceptors (Lipinski definition) is 10. The number of nitrogens with one attached hydrogen (secondary N) is 1. The average Bonchev–Trinajstić information content (AvgIpc) is 3.06. The molecule has 11 nitrogen and oxygen atoms in total. The zero-order valence-corrected chi connectivity index (χ0v) is 25.8. The molecule has 2 aliphatic rings. The lowest BCUT2D eigenvalue weighted by Crippen LogP contribution is -2.40. The molecule has 3 aromatic carbocycles. The Kier molecular flexibility index (Phi) is 11.8. The maximum atomic E-state index is 13.0. The van der Waals surface area contributed by atoms with Gasteiger partial charge in [0.2, 0.25) is 0 Å². The molecule has 0 atom stereocenters. The van der Waals surface area contributed by atoms with Gasteiger partial charge in [-0.2, -0.15) is 0 Å². The third kappa shape index (κ3) is 8.19. The SMILES string of the molecule is CCN1C(=O)c2cccc3c(/C(N)=C/Nc4ccc(N5CCOCCOCCOCCOCCOCC5)cc4)ccc(c23)C1=O. The molecule has 0 spiro atoms. The number of amides is 2. The van der Waals surface area contributed by atoms with Gasteiger partial charge in [-0.3, -0.25) is 14.5 Å². The van der Waals surface area contributed by atoms with Gasteiger partial charge in [-0.15, -0.1) is 0 Å². The van der Waals surface area contributed by atoms with E-state index in [1.165, 1.54) is 4.90 Å². The fourth-order valence-electron chi connectivity index (χ4n) is 5.39. The van der Waals surface area contributed by atoms with E-state index in [-0.39, 0.29) is 11.8 Å². The van der Waals surface area contributed by atoms with Gasteiger partial charge < -0.3 is 39.6 Å². The van der Waals surface area contributed by atoms with Crippen molar-refractivity contribution in [3.63, 3.8) is 0 Å². The Morgan fingerprint density at radius 1 is 0.733 bits per heavy atom. The highest BCUT2D eigenvalue weighted by atomic mass is 16.6. The Bertz CT molecular complexity index is 1440. The molecule has 2 aliphatic heterocycles. The maximum absolute atomic E-state index is 13.0. The molecule has 240 valence electrons. The number of carbonyl (C=O) groups is 2. The van der Waals surface area contributed by atoms with Crippen LogP contribution in [0.4, 0.5) is 11.4 Å². The van der Waals surface area contributed by atoms with Crippen molar-refractivity contribution in [2.75, 3.05) is 95.9 Å². The van der Waals surface area contributed by atoms with Crippen LogP contribution in [0.25, 0.3) is 16.5 Å². The van der Waals surface area contributed by atoms with Crippen LogP contribution in [-0.2, 0) is 23.7 Å². The van der Waals surface area contributed by atoms with Crippen molar-refractivity contribution in [3.05, 3.63) is 77.5 Å². The van der Waals surface area contributed by atoms with Crippen LogP contribution in [-0.4, -0.2) is 102 Å². The van der Waals surface area contributed by atoms with E-state index >= 15 is 0 Å². The number of imide groups is 1. The fraction of sp³-hybridized carbons (Fsp3) is 0.412. The van der Waals surface area contributed by atoms with Crippen molar-refractivity contribution in [1.82, 2.24) is 4.90 Å². The number of hydrogen-bond donors (Lipinski definition) is 2. The monoisotopic (exact) mass is 618 g/mol. The normalized spacial score (nSPS) is 18.5. The molecule has 1 saturated heterocycles. The average molecular weight is 619 g/mol. The molecule has 0 saturated carbocycles.